The van der Waals surface area contributed by atoms with Gasteiger partial charge in [-0.25, -0.2) is 9.79 Å². The van der Waals surface area contributed by atoms with Crippen molar-refractivity contribution in [3.8, 4) is 0 Å². The van der Waals surface area contributed by atoms with Crippen LogP contribution in [0, 0.1) is 5.92 Å². The molecular formula is C15H20N2O3S. The summed E-state index contributed by atoms with van der Waals surface area (Å²) in [5.74, 6) is -0.217. The van der Waals surface area contributed by atoms with Crippen LogP contribution >= 0.6 is 11.3 Å². The zero-order chi connectivity index (χ0) is 15.4. The Bertz CT molecular complexity index is 557. The molecule has 0 aromatic carbocycles. The minimum atomic E-state index is -0.448. The number of aliphatic imine (C=N–C) groups is 1. The summed E-state index contributed by atoms with van der Waals surface area (Å²) in [7, 11) is 5.02. The summed E-state index contributed by atoms with van der Waals surface area (Å²) < 4.78 is 4.77. The first kappa shape index (κ1) is 15.7. The minimum absolute atomic E-state index is 0.0971. The number of ether oxygens (including phenoxy) is 1. The van der Waals surface area contributed by atoms with E-state index in [4.69, 9.17) is 4.74 Å². The van der Waals surface area contributed by atoms with Crippen LogP contribution in [-0.2, 0) is 4.74 Å². The number of hydrogen-bond donors (Lipinski definition) is 0. The molecule has 0 amide bonds. The molecule has 1 aliphatic carbocycles. The first-order valence-electron chi connectivity index (χ1n) is 7.00. The number of carbonyl (C=O) groups excluding carboxylic acids is 2. The van der Waals surface area contributed by atoms with E-state index in [1.54, 1.807) is 17.3 Å². The first-order valence-corrected chi connectivity index (χ1v) is 7.81. The topological polar surface area (TPSA) is 59.0 Å². The molecule has 114 valence electrons. The number of nitrogens with zero attached hydrogens (tertiary/aromatic N) is 2. The highest BCUT2D eigenvalue weighted by Crippen LogP contribution is 2.35. The molecule has 2 rings (SSSR count). The second-order valence-corrected chi connectivity index (χ2v) is 6.42. The number of ketones is 1. The Kier molecular flexibility index (Phi) is 5.12. The van der Waals surface area contributed by atoms with E-state index in [0.717, 1.165) is 25.7 Å². The Balaban J connectivity index is 2.30. The number of methoxy groups -OCH3 is 1. The number of esters is 1. The Morgan fingerprint density at radius 3 is 2.62 bits per heavy atom. The largest absolute Gasteiger partial charge is 0.465 e. The van der Waals surface area contributed by atoms with Gasteiger partial charge in [0.25, 0.3) is 0 Å². The van der Waals surface area contributed by atoms with Crippen LogP contribution in [0.5, 0.6) is 0 Å². The van der Waals surface area contributed by atoms with Crippen molar-refractivity contribution < 1.29 is 14.3 Å². The molecule has 1 aliphatic rings. The normalized spacial score (nSPS) is 15.6. The number of thiophene rings is 1. The van der Waals surface area contributed by atoms with Crippen LogP contribution in [0.2, 0.25) is 0 Å². The molecular weight excluding hydrogens is 288 g/mol. The Labute approximate surface area is 128 Å². The van der Waals surface area contributed by atoms with Gasteiger partial charge in [-0.05, 0) is 18.9 Å². The van der Waals surface area contributed by atoms with Crippen LogP contribution in [0.3, 0.4) is 0 Å². The lowest BCUT2D eigenvalue weighted by molar-refractivity contribution is 0.0607. The van der Waals surface area contributed by atoms with Crippen molar-refractivity contribution in [2.45, 2.75) is 25.7 Å². The summed E-state index contributed by atoms with van der Waals surface area (Å²) in [5.41, 5.74) is 0.502. The maximum absolute atomic E-state index is 12.5. The smallest absolute Gasteiger partial charge is 0.350 e. The van der Waals surface area contributed by atoms with Gasteiger partial charge in [0.05, 0.1) is 24.0 Å². The quantitative estimate of drug-likeness (QED) is 0.363. The van der Waals surface area contributed by atoms with Crippen LogP contribution in [0.15, 0.2) is 11.1 Å². The molecule has 0 radical (unpaired) electrons. The highest BCUT2D eigenvalue weighted by Gasteiger charge is 2.27. The van der Waals surface area contributed by atoms with Gasteiger partial charge in [0.1, 0.15) is 4.88 Å². The van der Waals surface area contributed by atoms with Gasteiger partial charge < -0.3 is 9.64 Å². The van der Waals surface area contributed by atoms with E-state index in [1.165, 1.54) is 18.4 Å². The maximum Gasteiger partial charge on any atom is 0.350 e. The summed E-state index contributed by atoms with van der Waals surface area (Å²) >= 11 is 1.18. The van der Waals surface area contributed by atoms with Crippen molar-refractivity contribution >= 4 is 35.1 Å². The SMILES string of the molecule is COC(=O)c1sc(C(=O)C2CCCC2)cc1/N=C/N(C)C. The predicted octanol–water partition coefficient (Wildman–Crippen LogP) is 3.13. The number of rotatable bonds is 5. The van der Waals surface area contributed by atoms with Crippen molar-refractivity contribution in [1.82, 2.24) is 4.90 Å². The van der Waals surface area contributed by atoms with Crippen molar-refractivity contribution in [1.29, 1.82) is 0 Å². The van der Waals surface area contributed by atoms with Gasteiger partial charge in [-0.2, -0.15) is 0 Å². The molecule has 6 heteroatoms. The van der Waals surface area contributed by atoms with E-state index >= 15 is 0 Å². The Morgan fingerprint density at radius 2 is 2.05 bits per heavy atom. The fourth-order valence-electron chi connectivity index (χ4n) is 2.40. The molecule has 0 N–H and O–H groups in total. The average Bonchev–Trinajstić information content (AvgIpc) is 3.12. The fraction of sp³-hybridized carbons (Fsp3) is 0.533. The van der Waals surface area contributed by atoms with E-state index in [0.29, 0.717) is 15.4 Å². The van der Waals surface area contributed by atoms with Gasteiger partial charge in [-0.3, -0.25) is 4.79 Å². The third-order valence-electron chi connectivity index (χ3n) is 3.48. The van der Waals surface area contributed by atoms with E-state index in [1.807, 2.05) is 14.1 Å². The standard InChI is InChI=1S/C15H20N2O3S/c1-17(2)9-16-11-8-12(21-14(11)15(19)20-3)13(18)10-6-4-5-7-10/h8-10H,4-7H2,1-3H3/b16-9+. The van der Waals surface area contributed by atoms with E-state index < -0.39 is 5.97 Å². The first-order chi connectivity index (χ1) is 10.0. The fourth-order valence-corrected chi connectivity index (χ4v) is 3.45. The van der Waals surface area contributed by atoms with Gasteiger partial charge in [0, 0.05) is 20.0 Å². The molecule has 0 spiro atoms. The van der Waals surface area contributed by atoms with Crippen molar-refractivity contribution in [2.24, 2.45) is 10.9 Å². The molecule has 21 heavy (non-hydrogen) atoms. The van der Waals surface area contributed by atoms with Crippen LogP contribution < -0.4 is 0 Å². The lowest BCUT2D eigenvalue weighted by Crippen LogP contribution is -2.09. The van der Waals surface area contributed by atoms with Gasteiger partial charge >= 0.3 is 5.97 Å². The maximum atomic E-state index is 12.5. The summed E-state index contributed by atoms with van der Waals surface area (Å²) in [4.78, 5) is 31.3. The van der Waals surface area contributed by atoms with Gasteiger partial charge in [0.15, 0.2) is 5.78 Å². The number of Topliss-reactive ketones (excluding diaryl/α,β-unsaturated/α-hetero) is 1. The zero-order valence-electron chi connectivity index (χ0n) is 12.6. The van der Waals surface area contributed by atoms with Crippen LogP contribution in [0.4, 0.5) is 5.69 Å². The summed E-state index contributed by atoms with van der Waals surface area (Å²) in [6.45, 7) is 0. The lowest BCUT2D eigenvalue weighted by atomic mass is 10.0. The molecule has 1 saturated carbocycles. The molecule has 0 bridgehead atoms. The molecule has 0 atom stereocenters. The van der Waals surface area contributed by atoms with Gasteiger partial charge in [-0.1, -0.05) is 12.8 Å². The lowest BCUT2D eigenvalue weighted by Gasteiger charge is -2.04. The minimum Gasteiger partial charge on any atom is -0.465 e. The number of carbonyl (C=O) groups is 2. The second kappa shape index (κ2) is 6.85. The van der Waals surface area contributed by atoms with Crippen molar-refractivity contribution in [2.75, 3.05) is 21.2 Å². The summed E-state index contributed by atoms with van der Waals surface area (Å²) in [5, 5.41) is 0. The van der Waals surface area contributed by atoms with Crippen LogP contribution in [0.1, 0.15) is 45.0 Å². The molecule has 0 aliphatic heterocycles. The highest BCUT2D eigenvalue weighted by molar-refractivity contribution is 7.16. The molecule has 5 nitrogen and oxygen atoms in total. The third-order valence-corrected chi connectivity index (χ3v) is 4.60. The Hall–Kier alpha value is -1.69. The second-order valence-electron chi connectivity index (χ2n) is 5.37. The molecule has 1 aromatic heterocycles. The summed E-state index contributed by atoms with van der Waals surface area (Å²) in [6.07, 6.45) is 5.72. The molecule has 1 aromatic rings. The third kappa shape index (κ3) is 3.69. The average molecular weight is 308 g/mol. The van der Waals surface area contributed by atoms with Crippen LogP contribution in [0.25, 0.3) is 0 Å². The molecule has 1 fully saturated rings. The Morgan fingerprint density at radius 1 is 1.38 bits per heavy atom. The predicted molar refractivity (Wildman–Crippen MR) is 83.8 cm³/mol. The zero-order valence-corrected chi connectivity index (χ0v) is 13.4. The van der Waals surface area contributed by atoms with Gasteiger partial charge in [-0.15, -0.1) is 11.3 Å². The molecule has 0 saturated heterocycles. The summed E-state index contributed by atoms with van der Waals surface area (Å²) in [6, 6.07) is 1.71. The highest BCUT2D eigenvalue weighted by atomic mass is 32.1. The van der Waals surface area contributed by atoms with Crippen molar-refractivity contribution in [3.63, 3.8) is 0 Å². The molecule has 0 unspecified atom stereocenters. The number of hydrogen-bond acceptors (Lipinski definition) is 5. The van der Waals surface area contributed by atoms with Crippen molar-refractivity contribution in [3.05, 3.63) is 15.8 Å². The van der Waals surface area contributed by atoms with E-state index in [2.05, 4.69) is 4.99 Å². The monoisotopic (exact) mass is 308 g/mol. The van der Waals surface area contributed by atoms with Gasteiger partial charge in [0.2, 0.25) is 0 Å². The van der Waals surface area contributed by atoms with E-state index in [9.17, 15) is 9.59 Å². The van der Waals surface area contributed by atoms with E-state index in [-0.39, 0.29) is 11.7 Å². The molecule has 1 heterocycles. The van der Waals surface area contributed by atoms with Crippen LogP contribution in [-0.4, -0.2) is 44.2 Å².